The fraction of sp³-hybridized carbons (Fsp3) is 0.0714. The van der Waals surface area contributed by atoms with Crippen molar-refractivity contribution >= 4 is 57.7 Å². The molecule has 2 aromatic carbocycles. The van der Waals surface area contributed by atoms with Crippen LogP contribution in [0.15, 0.2) is 41.4 Å². The van der Waals surface area contributed by atoms with Crippen LogP contribution in [0.2, 0.25) is 10.0 Å². The Morgan fingerprint density at radius 2 is 1.95 bits per heavy atom. The van der Waals surface area contributed by atoms with Crippen LogP contribution in [0.5, 0.6) is 5.75 Å². The maximum absolute atomic E-state index is 6.08. The second kappa shape index (κ2) is 6.59. The molecule has 0 N–H and O–H groups in total. The zero-order valence-corrected chi connectivity index (χ0v) is 13.7. The number of hydrogen-bond donors (Lipinski definition) is 0. The second-order valence-electron chi connectivity index (χ2n) is 3.72. The lowest BCUT2D eigenvalue weighted by molar-refractivity contribution is 0.414. The summed E-state index contributed by atoms with van der Waals surface area (Å²) in [6, 6.07) is 11.3. The Bertz CT molecular complexity index is 629. The third-order valence-electron chi connectivity index (χ3n) is 2.44. The molecule has 0 atom stereocenters. The molecule has 0 fully saturated rings. The number of rotatable bonds is 3. The predicted octanol–water partition coefficient (Wildman–Crippen LogP) is 5.36. The Hall–Kier alpha value is -0.780. The summed E-state index contributed by atoms with van der Waals surface area (Å²) in [6.45, 7) is 0. The highest BCUT2D eigenvalue weighted by atomic mass is 127. The van der Waals surface area contributed by atoms with Gasteiger partial charge in [-0.3, -0.25) is 4.99 Å². The molecule has 0 aliphatic heterocycles. The van der Waals surface area contributed by atoms with E-state index in [1.165, 1.54) is 0 Å². The minimum Gasteiger partial charge on any atom is -0.495 e. The quantitative estimate of drug-likeness (QED) is 0.497. The minimum atomic E-state index is 0.471. The van der Waals surface area contributed by atoms with Crippen LogP contribution in [0, 0.1) is 3.57 Å². The molecule has 0 spiro atoms. The van der Waals surface area contributed by atoms with Gasteiger partial charge in [0.1, 0.15) is 5.75 Å². The number of para-hydroxylation sites is 1. The van der Waals surface area contributed by atoms with Crippen LogP contribution < -0.4 is 4.74 Å². The molecule has 0 aliphatic rings. The van der Waals surface area contributed by atoms with Crippen LogP contribution >= 0.6 is 45.8 Å². The molecule has 19 heavy (non-hydrogen) atoms. The topological polar surface area (TPSA) is 21.6 Å². The number of ether oxygens (including phenoxy) is 1. The molecule has 2 rings (SSSR count). The molecule has 0 bridgehead atoms. The molecule has 2 nitrogen and oxygen atoms in total. The van der Waals surface area contributed by atoms with Crippen molar-refractivity contribution < 1.29 is 4.74 Å². The van der Waals surface area contributed by atoms with Crippen molar-refractivity contribution in [1.82, 2.24) is 0 Å². The molecule has 0 radical (unpaired) electrons. The zero-order valence-electron chi connectivity index (χ0n) is 10.0. The van der Waals surface area contributed by atoms with Gasteiger partial charge < -0.3 is 4.74 Å². The van der Waals surface area contributed by atoms with E-state index in [0.29, 0.717) is 15.8 Å². The second-order valence-corrected chi connectivity index (χ2v) is 5.73. The fourth-order valence-corrected chi connectivity index (χ4v) is 2.70. The van der Waals surface area contributed by atoms with Gasteiger partial charge in [0, 0.05) is 20.4 Å². The summed E-state index contributed by atoms with van der Waals surface area (Å²) in [4.78, 5) is 4.44. The van der Waals surface area contributed by atoms with Gasteiger partial charge in [-0.15, -0.1) is 0 Å². The third kappa shape index (κ3) is 3.61. The lowest BCUT2D eigenvalue weighted by Crippen LogP contribution is -1.92. The van der Waals surface area contributed by atoms with E-state index in [-0.39, 0.29) is 0 Å². The summed E-state index contributed by atoms with van der Waals surface area (Å²) in [5.41, 5.74) is 1.64. The van der Waals surface area contributed by atoms with E-state index in [2.05, 4.69) is 27.6 Å². The standard InChI is InChI=1S/C14H10Cl2INO/c1-19-14-9(6-10(15)7-11(14)16)8-18-13-5-3-2-4-12(13)17/h2-8H,1H3. The predicted molar refractivity (Wildman–Crippen MR) is 89.4 cm³/mol. The highest BCUT2D eigenvalue weighted by Gasteiger charge is 2.08. The van der Waals surface area contributed by atoms with Crippen LogP contribution in [0.1, 0.15) is 5.56 Å². The first-order valence-electron chi connectivity index (χ1n) is 5.43. The molecule has 0 saturated heterocycles. The smallest absolute Gasteiger partial charge is 0.146 e. The van der Waals surface area contributed by atoms with Gasteiger partial charge in [0.05, 0.1) is 17.8 Å². The van der Waals surface area contributed by atoms with Gasteiger partial charge in [-0.2, -0.15) is 0 Å². The monoisotopic (exact) mass is 405 g/mol. The molecule has 5 heteroatoms. The van der Waals surface area contributed by atoms with E-state index in [4.69, 9.17) is 27.9 Å². The lowest BCUT2D eigenvalue weighted by Gasteiger charge is -2.07. The van der Waals surface area contributed by atoms with Gasteiger partial charge in [-0.05, 0) is 46.9 Å². The molecule has 0 aliphatic carbocycles. The Morgan fingerprint density at radius 3 is 2.63 bits per heavy atom. The molecule has 0 amide bonds. The summed E-state index contributed by atoms with van der Waals surface area (Å²) in [6.07, 6.45) is 1.70. The molecule has 0 heterocycles. The summed E-state index contributed by atoms with van der Waals surface area (Å²) in [7, 11) is 1.57. The molecular weight excluding hydrogens is 396 g/mol. The minimum absolute atomic E-state index is 0.471. The maximum atomic E-state index is 6.08. The summed E-state index contributed by atoms with van der Waals surface area (Å²) in [5, 5.41) is 1.02. The highest BCUT2D eigenvalue weighted by Crippen LogP contribution is 2.31. The van der Waals surface area contributed by atoms with E-state index in [0.717, 1.165) is 14.8 Å². The van der Waals surface area contributed by atoms with Crippen molar-refractivity contribution in [3.63, 3.8) is 0 Å². The Labute approximate surface area is 135 Å². The highest BCUT2D eigenvalue weighted by molar-refractivity contribution is 14.1. The van der Waals surface area contributed by atoms with Crippen molar-refractivity contribution in [2.75, 3.05) is 7.11 Å². The average molecular weight is 406 g/mol. The molecule has 0 unspecified atom stereocenters. The van der Waals surface area contributed by atoms with Crippen molar-refractivity contribution in [1.29, 1.82) is 0 Å². The average Bonchev–Trinajstić information content (AvgIpc) is 2.37. The van der Waals surface area contributed by atoms with Crippen molar-refractivity contribution in [2.45, 2.75) is 0 Å². The van der Waals surface area contributed by atoms with E-state index in [1.54, 1.807) is 25.5 Å². The third-order valence-corrected chi connectivity index (χ3v) is 3.85. The first-order chi connectivity index (χ1) is 9.11. The van der Waals surface area contributed by atoms with Gasteiger partial charge in [0.15, 0.2) is 0 Å². The number of hydrogen-bond acceptors (Lipinski definition) is 2. The van der Waals surface area contributed by atoms with E-state index in [1.807, 2.05) is 24.3 Å². The van der Waals surface area contributed by atoms with Crippen LogP contribution in [0.25, 0.3) is 0 Å². The molecule has 0 saturated carbocycles. The number of methoxy groups -OCH3 is 1. The fourth-order valence-electron chi connectivity index (χ4n) is 1.59. The summed E-state index contributed by atoms with van der Waals surface area (Å²) < 4.78 is 6.34. The van der Waals surface area contributed by atoms with Crippen molar-refractivity contribution in [3.05, 3.63) is 55.6 Å². The van der Waals surface area contributed by atoms with Gasteiger partial charge >= 0.3 is 0 Å². The van der Waals surface area contributed by atoms with Gasteiger partial charge in [0.2, 0.25) is 0 Å². The van der Waals surface area contributed by atoms with Crippen molar-refractivity contribution in [2.24, 2.45) is 4.99 Å². The van der Waals surface area contributed by atoms with E-state index < -0.39 is 0 Å². The van der Waals surface area contributed by atoms with Crippen LogP contribution in [-0.2, 0) is 0 Å². The maximum Gasteiger partial charge on any atom is 0.146 e. The summed E-state index contributed by atoms with van der Waals surface area (Å²) >= 11 is 14.3. The number of benzene rings is 2. The van der Waals surface area contributed by atoms with Crippen LogP contribution in [0.4, 0.5) is 5.69 Å². The molecule has 0 aromatic heterocycles. The number of aliphatic imine (C=N–C) groups is 1. The van der Waals surface area contributed by atoms with Gasteiger partial charge in [0.25, 0.3) is 0 Å². The SMILES string of the molecule is COc1c(Cl)cc(Cl)cc1C=Nc1ccccc1I. The first-order valence-corrected chi connectivity index (χ1v) is 7.27. The number of halogens is 3. The van der Waals surface area contributed by atoms with Crippen LogP contribution in [0.3, 0.4) is 0 Å². The Morgan fingerprint density at radius 1 is 1.21 bits per heavy atom. The first kappa shape index (κ1) is 14.6. The zero-order chi connectivity index (χ0) is 13.8. The number of nitrogens with zero attached hydrogens (tertiary/aromatic N) is 1. The Balaban J connectivity index is 2.41. The largest absolute Gasteiger partial charge is 0.495 e. The Kier molecular flexibility index (Phi) is 5.07. The molecule has 98 valence electrons. The molecular formula is C14H10Cl2INO. The van der Waals surface area contributed by atoms with Crippen LogP contribution in [-0.4, -0.2) is 13.3 Å². The summed E-state index contributed by atoms with van der Waals surface area (Å²) in [5.74, 6) is 0.570. The normalized spacial score (nSPS) is 10.9. The molecule has 2 aromatic rings. The van der Waals surface area contributed by atoms with E-state index >= 15 is 0 Å². The van der Waals surface area contributed by atoms with Gasteiger partial charge in [-0.1, -0.05) is 35.3 Å². The van der Waals surface area contributed by atoms with E-state index in [9.17, 15) is 0 Å². The lowest BCUT2D eigenvalue weighted by atomic mass is 10.2. The van der Waals surface area contributed by atoms with Crippen molar-refractivity contribution in [3.8, 4) is 5.75 Å². The van der Waals surface area contributed by atoms with Gasteiger partial charge in [-0.25, -0.2) is 0 Å².